The summed E-state index contributed by atoms with van der Waals surface area (Å²) in [5.41, 5.74) is 14.4. The Kier molecular flexibility index (Phi) is 9.00. The van der Waals surface area contributed by atoms with E-state index >= 15 is 0 Å². The maximum absolute atomic E-state index is 5.23. The van der Waals surface area contributed by atoms with Gasteiger partial charge in [0.1, 0.15) is 0 Å². The van der Waals surface area contributed by atoms with Gasteiger partial charge in [-0.3, -0.25) is 0 Å². The molecule has 322 valence electrons. The lowest BCUT2D eigenvalue weighted by Gasteiger charge is -2.12. The number of thiophene rings is 1. The summed E-state index contributed by atoms with van der Waals surface area (Å²) in [6.45, 7) is 0. The molecular formula is C63H39N5S. The molecule has 14 rings (SSSR count). The third kappa shape index (κ3) is 6.41. The normalized spacial score (nSPS) is 11.8. The van der Waals surface area contributed by atoms with Crippen LogP contribution < -0.4 is 0 Å². The Hall–Kier alpha value is -8.97. The van der Waals surface area contributed by atoms with Gasteiger partial charge in [0.15, 0.2) is 17.5 Å². The second-order valence-electron chi connectivity index (χ2n) is 17.6. The molecule has 69 heavy (non-hydrogen) atoms. The van der Waals surface area contributed by atoms with Gasteiger partial charge in [0.25, 0.3) is 0 Å². The minimum absolute atomic E-state index is 0.616. The van der Waals surface area contributed by atoms with E-state index in [-0.39, 0.29) is 0 Å². The van der Waals surface area contributed by atoms with Gasteiger partial charge in [0, 0.05) is 60.4 Å². The van der Waals surface area contributed by atoms with Gasteiger partial charge in [0.05, 0.1) is 31.5 Å². The van der Waals surface area contributed by atoms with Crippen LogP contribution in [0.15, 0.2) is 237 Å². The Labute approximate surface area is 401 Å². The van der Waals surface area contributed by atoms with Crippen molar-refractivity contribution in [3.63, 3.8) is 0 Å². The highest BCUT2D eigenvalue weighted by Gasteiger charge is 2.23. The first-order chi connectivity index (χ1) is 34.2. The number of fused-ring (bicyclic) bond motifs is 11. The molecule has 0 amide bonds. The molecule has 6 heteroatoms. The first kappa shape index (κ1) is 39.2. The molecule has 4 heterocycles. The van der Waals surface area contributed by atoms with Crippen LogP contribution in [0.3, 0.4) is 0 Å². The minimum Gasteiger partial charge on any atom is -0.308 e. The summed E-state index contributed by atoms with van der Waals surface area (Å²) in [6, 6.07) is 84.4. The summed E-state index contributed by atoms with van der Waals surface area (Å²) in [7, 11) is 0. The van der Waals surface area contributed by atoms with Gasteiger partial charge in [-0.2, -0.15) is 0 Å². The zero-order valence-corrected chi connectivity index (χ0v) is 38.0. The third-order valence-corrected chi connectivity index (χ3v) is 14.8. The molecule has 0 aliphatic carbocycles. The van der Waals surface area contributed by atoms with E-state index in [1.165, 1.54) is 69.4 Å². The minimum atomic E-state index is 0.616. The van der Waals surface area contributed by atoms with Gasteiger partial charge in [0.2, 0.25) is 0 Å². The Balaban J connectivity index is 0.985. The lowest BCUT2D eigenvalue weighted by atomic mass is 10.0. The smallest absolute Gasteiger partial charge is 0.164 e. The topological polar surface area (TPSA) is 48.5 Å². The molecule has 5 nitrogen and oxygen atoms in total. The fourth-order valence-electron chi connectivity index (χ4n) is 10.4. The van der Waals surface area contributed by atoms with Crippen molar-refractivity contribution in [3.05, 3.63) is 237 Å². The van der Waals surface area contributed by atoms with Gasteiger partial charge < -0.3 is 9.13 Å². The average molecular weight is 898 g/mol. The van der Waals surface area contributed by atoms with E-state index in [9.17, 15) is 0 Å². The number of hydrogen-bond acceptors (Lipinski definition) is 4. The highest BCUT2D eigenvalue weighted by atomic mass is 32.1. The predicted octanol–water partition coefficient (Wildman–Crippen LogP) is 16.8. The van der Waals surface area contributed by atoms with Crippen LogP contribution in [-0.4, -0.2) is 24.1 Å². The maximum Gasteiger partial charge on any atom is 0.164 e. The van der Waals surface area contributed by atoms with Crippen molar-refractivity contribution < 1.29 is 0 Å². The molecule has 14 aromatic rings. The zero-order chi connectivity index (χ0) is 45.4. The number of benzene rings is 10. The van der Waals surface area contributed by atoms with Crippen LogP contribution in [0, 0.1) is 0 Å². The van der Waals surface area contributed by atoms with Crippen LogP contribution in [0.25, 0.3) is 132 Å². The maximum atomic E-state index is 5.23. The summed E-state index contributed by atoms with van der Waals surface area (Å²) in [6.07, 6.45) is 0. The summed E-state index contributed by atoms with van der Waals surface area (Å²) in [4.78, 5) is 15.5. The summed E-state index contributed by atoms with van der Waals surface area (Å²) in [5.74, 6) is 1.87. The van der Waals surface area contributed by atoms with E-state index in [1.807, 2.05) is 35.6 Å². The second kappa shape index (κ2) is 15.8. The van der Waals surface area contributed by atoms with Crippen molar-refractivity contribution in [3.8, 4) is 67.8 Å². The van der Waals surface area contributed by atoms with Gasteiger partial charge in [-0.25, -0.2) is 15.0 Å². The van der Waals surface area contributed by atoms with Crippen molar-refractivity contribution in [1.82, 2.24) is 24.1 Å². The molecule has 0 saturated heterocycles. The van der Waals surface area contributed by atoms with Crippen LogP contribution in [0.1, 0.15) is 0 Å². The lowest BCUT2D eigenvalue weighted by molar-refractivity contribution is 1.07. The number of rotatable bonds is 7. The Bertz CT molecular complexity index is 4300. The fraction of sp³-hybridized carbons (Fsp3) is 0. The molecule has 0 N–H and O–H groups in total. The van der Waals surface area contributed by atoms with Crippen molar-refractivity contribution in [2.24, 2.45) is 0 Å². The monoisotopic (exact) mass is 897 g/mol. The van der Waals surface area contributed by atoms with Crippen LogP contribution in [0.5, 0.6) is 0 Å². The first-order valence-electron chi connectivity index (χ1n) is 23.3. The van der Waals surface area contributed by atoms with E-state index in [1.54, 1.807) is 0 Å². The van der Waals surface area contributed by atoms with Crippen LogP contribution >= 0.6 is 11.3 Å². The highest BCUT2D eigenvalue weighted by Crippen LogP contribution is 2.47. The molecule has 0 saturated carbocycles. The van der Waals surface area contributed by atoms with Crippen LogP contribution in [-0.2, 0) is 0 Å². The SMILES string of the molecule is c1ccc(-c2cccc(-c3nc(-c4ccccc4)nc(-c4cccc(-n5c6ccccc6c6ccc7c8ccc9c%10ccccc%10n(-c%10cccc(-c%11ccccc%11)c%10)c9c8sc7c65)c4)n3)c2)cc1. The molecule has 0 aliphatic heterocycles. The van der Waals surface area contributed by atoms with Gasteiger partial charge in [-0.05, 0) is 64.7 Å². The standard InChI is InChI=1S/C63H39N5S/c1-4-17-40(18-5-1)43-23-14-25-45(37-43)62-64-61(42-21-8-3-9-22-42)65-63(66-62)46-26-16-28-48(39-46)68-56-32-13-11-30-50(56)52-34-36-54-53-35-33-51-49-29-10-12-31-55(49)67(57(51)59(53)69-60(54)58(52)68)47-27-15-24-44(38-47)41-19-6-2-7-20-41/h1-39H. The zero-order valence-electron chi connectivity index (χ0n) is 37.2. The molecule has 10 aromatic carbocycles. The van der Waals surface area contributed by atoms with Crippen molar-refractivity contribution in [1.29, 1.82) is 0 Å². The van der Waals surface area contributed by atoms with E-state index < -0.39 is 0 Å². The quantitative estimate of drug-likeness (QED) is 0.160. The van der Waals surface area contributed by atoms with E-state index in [0.29, 0.717) is 17.5 Å². The Morgan fingerprint density at radius 3 is 1.14 bits per heavy atom. The third-order valence-electron chi connectivity index (χ3n) is 13.5. The van der Waals surface area contributed by atoms with Crippen molar-refractivity contribution in [2.75, 3.05) is 0 Å². The molecule has 0 fully saturated rings. The van der Waals surface area contributed by atoms with E-state index in [4.69, 9.17) is 15.0 Å². The van der Waals surface area contributed by atoms with E-state index in [0.717, 1.165) is 44.7 Å². The fourth-order valence-corrected chi connectivity index (χ4v) is 11.8. The molecule has 0 spiro atoms. The Morgan fingerprint density at radius 1 is 0.261 bits per heavy atom. The highest BCUT2D eigenvalue weighted by molar-refractivity contribution is 7.27. The largest absolute Gasteiger partial charge is 0.308 e. The second-order valence-corrected chi connectivity index (χ2v) is 18.6. The van der Waals surface area contributed by atoms with Crippen molar-refractivity contribution in [2.45, 2.75) is 0 Å². The van der Waals surface area contributed by atoms with Crippen LogP contribution in [0.2, 0.25) is 0 Å². The summed E-state index contributed by atoms with van der Waals surface area (Å²) < 4.78 is 7.45. The molecule has 0 bridgehead atoms. The van der Waals surface area contributed by atoms with Gasteiger partial charge in [-0.15, -0.1) is 11.3 Å². The van der Waals surface area contributed by atoms with Crippen molar-refractivity contribution >= 4 is 75.1 Å². The Morgan fingerprint density at radius 2 is 0.623 bits per heavy atom. The summed E-state index contributed by atoms with van der Waals surface area (Å²) >= 11 is 1.89. The predicted molar refractivity (Wildman–Crippen MR) is 289 cm³/mol. The average Bonchev–Trinajstić information content (AvgIpc) is 4.10. The van der Waals surface area contributed by atoms with Gasteiger partial charge >= 0.3 is 0 Å². The molecule has 0 radical (unpaired) electrons. The molecule has 4 aromatic heterocycles. The van der Waals surface area contributed by atoms with Gasteiger partial charge in [-0.1, -0.05) is 194 Å². The molecule has 0 aliphatic rings. The number of aromatic nitrogens is 5. The van der Waals surface area contributed by atoms with Crippen LogP contribution in [0.4, 0.5) is 0 Å². The molecular weight excluding hydrogens is 859 g/mol. The molecule has 0 atom stereocenters. The summed E-state index contributed by atoms with van der Waals surface area (Å²) in [5, 5.41) is 7.41. The lowest BCUT2D eigenvalue weighted by Crippen LogP contribution is -2.01. The molecule has 0 unspecified atom stereocenters. The first-order valence-corrected chi connectivity index (χ1v) is 24.1. The number of nitrogens with zero attached hydrogens (tertiary/aromatic N) is 5. The number of para-hydroxylation sites is 2. The van der Waals surface area contributed by atoms with E-state index in [2.05, 4.69) is 221 Å². The number of hydrogen-bond donors (Lipinski definition) is 0.